The Labute approximate surface area is 130 Å². The van der Waals surface area contributed by atoms with Gasteiger partial charge >= 0.3 is 5.97 Å². The summed E-state index contributed by atoms with van der Waals surface area (Å²) in [4.78, 5) is 26.9. The number of carboxylic acids is 1. The van der Waals surface area contributed by atoms with E-state index in [-0.39, 0.29) is 17.2 Å². The van der Waals surface area contributed by atoms with Crippen LogP contribution in [0.2, 0.25) is 0 Å². The number of carbonyl (C=O) groups excluding carboxylic acids is 1. The molecule has 1 heterocycles. The highest BCUT2D eigenvalue weighted by Gasteiger charge is 2.12. The van der Waals surface area contributed by atoms with Crippen molar-refractivity contribution in [2.45, 2.75) is 13.5 Å². The fraction of sp³-hybridized carbons (Fsp3) is 0.133. The number of aromatic carboxylic acids is 1. The van der Waals surface area contributed by atoms with Crippen LogP contribution in [0.4, 0.5) is 0 Å². The maximum absolute atomic E-state index is 12.0. The van der Waals surface area contributed by atoms with Crippen LogP contribution in [-0.4, -0.2) is 22.0 Å². The van der Waals surface area contributed by atoms with Crippen LogP contribution in [0.1, 0.15) is 32.1 Å². The highest BCUT2D eigenvalue weighted by atomic mass is 79.9. The Kier molecular flexibility index (Phi) is 4.70. The lowest BCUT2D eigenvalue weighted by atomic mass is 10.2. The number of benzene rings is 1. The van der Waals surface area contributed by atoms with Crippen molar-refractivity contribution in [3.8, 4) is 0 Å². The van der Waals surface area contributed by atoms with Crippen LogP contribution in [0.25, 0.3) is 0 Å². The number of nitrogens with zero attached hydrogens (tertiary/aromatic N) is 1. The number of carbonyl (C=O) groups is 2. The first kappa shape index (κ1) is 15.2. The van der Waals surface area contributed by atoms with Gasteiger partial charge in [0, 0.05) is 11.0 Å². The second-order valence-electron chi connectivity index (χ2n) is 4.45. The molecule has 0 bridgehead atoms. The molecule has 1 aromatic carbocycles. The lowest BCUT2D eigenvalue weighted by Gasteiger charge is -2.07. The monoisotopic (exact) mass is 348 g/mol. The van der Waals surface area contributed by atoms with Crippen LogP contribution >= 0.6 is 15.9 Å². The molecular formula is C15H13BrN2O3. The third-order valence-electron chi connectivity index (χ3n) is 2.89. The first-order valence-corrected chi connectivity index (χ1v) is 7.00. The van der Waals surface area contributed by atoms with Crippen LogP contribution in [0.15, 0.2) is 40.9 Å². The highest BCUT2D eigenvalue weighted by Crippen LogP contribution is 2.12. The standard InChI is InChI=1S/C15H13BrN2O3/c1-9-12(15(20)21)5-6-13(18-9)14(19)17-8-10-3-2-4-11(16)7-10/h2-7H,8H2,1H3,(H,17,19)(H,20,21). The van der Waals surface area contributed by atoms with Crippen molar-refractivity contribution in [2.75, 3.05) is 0 Å². The fourth-order valence-corrected chi connectivity index (χ4v) is 2.28. The molecule has 1 amide bonds. The van der Waals surface area contributed by atoms with Crippen molar-refractivity contribution in [3.63, 3.8) is 0 Å². The summed E-state index contributed by atoms with van der Waals surface area (Å²) in [5.41, 5.74) is 1.57. The van der Waals surface area contributed by atoms with Gasteiger partial charge in [0.2, 0.25) is 0 Å². The predicted molar refractivity (Wildman–Crippen MR) is 81.2 cm³/mol. The summed E-state index contributed by atoms with van der Waals surface area (Å²) in [7, 11) is 0. The second-order valence-corrected chi connectivity index (χ2v) is 5.36. The average Bonchev–Trinajstić information content (AvgIpc) is 2.44. The van der Waals surface area contributed by atoms with Gasteiger partial charge in [-0.1, -0.05) is 28.1 Å². The number of aromatic nitrogens is 1. The van der Waals surface area contributed by atoms with E-state index in [2.05, 4.69) is 26.2 Å². The number of hydrogen-bond donors (Lipinski definition) is 2. The van der Waals surface area contributed by atoms with Crippen molar-refractivity contribution >= 4 is 27.8 Å². The number of pyridine rings is 1. The quantitative estimate of drug-likeness (QED) is 0.890. The Balaban J connectivity index is 2.07. The number of amides is 1. The van der Waals surface area contributed by atoms with Gasteiger partial charge in [0.15, 0.2) is 0 Å². The molecule has 0 radical (unpaired) electrons. The molecule has 0 aliphatic carbocycles. The minimum Gasteiger partial charge on any atom is -0.478 e. The molecule has 1 aromatic heterocycles. The largest absolute Gasteiger partial charge is 0.478 e. The van der Waals surface area contributed by atoms with E-state index in [1.54, 1.807) is 6.92 Å². The Morgan fingerprint density at radius 2 is 2.05 bits per heavy atom. The minimum atomic E-state index is -1.05. The van der Waals surface area contributed by atoms with E-state index in [1.165, 1.54) is 12.1 Å². The molecule has 0 saturated carbocycles. The summed E-state index contributed by atoms with van der Waals surface area (Å²) in [6.07, 6.45) is 0. The molecule has 0 spiro atoms. The molecule has 6 heteroatoms. The van der Waals surface area contributed by atoms with Gasteiger partial charge in [0.05, 0.1) is 11.3 Å². The maximum atomic E-state index is 12.0. The maximum Gasteiger partial charge on any atom is 0.337 e. The van der Waals surface area contributed by atoms with Gasteiger partial charge in [0.1, 0.15) is 5.69 Å². The molecule has 0 aliphatic rings. The zero-order valence-corrected chi connectivity index (χ0v) is 12.8. The topological polar surface area (TPSA) is 79.3 Å². The molecule has 108 valence electrons. The van der Waals surface area contributed by atoms with E-state index in [0.717, 1.165) is 10.0 Å². The average molecular weight is 349 g/mol. The van der Waals surface area contributed by atoms with Gasteiger partial charge in [-0.25, -0.2) is 9.78 Å². The van der Waals surface area contributed by atoms with E-state index in [0.29, 0.717) is 12.2 Å². The number of nitrogens with one attached hydrogen (secondary N) is 1. The van der Waals surface area contributed by atoms with Crippen molar-refractivity contribution < 1.29 is 14.7 Å². The Morgan fingerprint density at radius 3 is 2.67 bits per heavy atom. The van der Waals surface area contributed by atoms with Crippen molar-refractivity contribution in [1.29, 1.82) is 0 Å². The van der Waals surface area contributed by atoms with E-state index in [9.17, 15) is 9.59 Å². The van der Waals surface area contributed by atoms with Gasteiger partial charge in [-0.15, -0.1) is 0 Å². The number of hydrogen-bond acceptors (Lipinski definition) is 3. The number of halogens is 1. The van der Waals surface area contributed by atoms with Gasteiger partial charge in [0.25, 0.3) is 5.91 Å². The number of aryl methyl sites for hydroxylation is 1. The zero-order chi connectivity index (χ0) is 15.4. The van der Waals surface area contributed by atoms with Crippen LogP contribution in [0.5, 0.6) is 0 Å². The van der Waals surface area contributed by atoms with Crippen LogP contribution in [0.3, 0.4) is 0 Å². The molecule has 2 aromatic rings. The Hall–Kier alpha value is -2.21. The smallest absolute Gasteiger partial charge is 0.337 e. The summed E-state index contributed by atoms with van der Waals surface area (Å²) in [6, 6.07) is 10.4. The molecular weight excluding hydrogens is 336 g/mol. The van der Waals surface area contributed by atoms with E-state index >= 15 is 0 Å². The van der Waals surface area contributed by atoms with Gasteiger partial charge < -0.3 is 10.4 Å². The van der Waals surface area contributed by atoms with Gasteiger partial charge in [-0.3, -0.25) is 4.79 Å². The molecule has 0 unspecified atom stereocenters. The molecule has 0 atom stereocenters. The zero-order valence-electron chi connectivity index (χ0n) is 11.3. The first-order chi connectivity index (χ1) is 9.97. The first-order valence-electron chi connectivity index (χ1n) is 6.21. The molecule has 0 aliphatic heterocycles. The second kappa shape index (κ2) is 6.49. The summed E-state index contributed by atoms with van der Waals surface area (Å²) in [6.45, 7) is 1.94. The van der Waals surface area contributed by atoms with E-state index in [1.807, 2.05) is 24.3 Å². The normalized spacial score (nSPS) is 10.2. The van der Waals surface area contributed by atoms with Crippen molar-refractivity contribution in [3.05, 3.63) is 63.4 Å². The SMILES string of the molecule is Cc1nc(C(=O)NCc2cccc(Br)c2)ccc1C(=O)O. The van der Waals surface area contributed by atoms with Gasteiger partial charge in [-0.05, 0) is 36.8 Å². The summed E-state index contributed by atoms with van der Waals surface area (Å²) in [5, 5.41) is 11.7. The lowest BCUT2D eigenvalue weighted by molar-refractivity contribution is 0.0694. The molecule has 5 nitrogen and oxygen atoms in total. The Bertz CT molecular complexity index is 701. The van der Waals surface area contributed by atoms with E-state index in [4.69, 9.17) is 5.11 Å². The summed E-state index contributed by atoms with van der Waals surface area (Å²) in [5.74, 6) is -1.39. The molecule has 0 fully saturated rings. The molecule has 0 saturated heterocycles. The predicted octanol–water partition coefficient (Wildman–Crippen LogP) is 2.78. The summed E-state index contributed by atoms with van der Waals surface area (Å²) >= 11 is 3.36. The molecule has 2 rings (SSSR count). The molecule has 2 N–H and O–H groups in total. The number of carboxylic acid groups (broad SMARTS) is 1. The van der Waals surface area contributed by atoms with Crippen LogP contribution in [-0.2, 0) is 6.54 Å². The van der Waals surface area contributed by atoms with E-state index < -0.39 is 5.97 Å². The van der Waals surface area contributed by atoms with Crippen LogP contribution < -0.4 is 5.32 Å². The fourth-order valence-electron chi connectivity index (χ4n) is 1.83. The third-order valence-corrected chi connectivity index (χ3v) is 3.38. The van der Waals surface area contributed by atoms with Crippen LogP contribution in [0, 0.1) is 6.92 Å². The third kappa shape index (κ3) is 3.88. The Morgan fingerprint density at radius 1 is 1.29 bits per heavy atom. The van der Waals surface area contributed by atoms with Gasteiger partial charge in [-0.2, -0.15) is 0 Å². The lowest BCUT2D eigenvalue weighted by Crippen LogP contribution is -2.24. The summed E-state index contributed by atoms with van der Waals surface area (Å²) < 4.78 is 0.939. The van der Waals surface area contributed by atoms with Crippen molar-refractivity contribution in [2.24, 2.45) is 0 Å². The molecule has 21 heavy (non-hydrogen) atoms. The minimum absolute atomic E-state index is 0.0959. The van der Waals surface area contributed by atoms with Crippen molar-refractivity contribution in [1.82, 2.24) is 10.3 Å². The highest BCUT2D eigenvalue weighted by molar-refractivity contribution is 9.10. The number of rotatable bonds is 4.